The molecule has 0 aromatic carbocycles. The van der Waals surface area contributed by atoms with Crippen LogP contribution in [-0.4, -0.2) is 28.3 Å². The van der Waals surface area contributed by atoms with Gasteiger partial charge in [-0.25, -0.2) is 0 Å². The molecule has 4 nitrogen and oxygen atoms in total. The molecule has 0 aliphatic heterocycles. The van der Waals surface area contributed by atoms with Crippen molar-refractivity contribution in [3.63, 3.8) is 0 Å². The molecule has 0 saturated heterocycles. The number of aliphatic hydroxyl groups excluding tert-OH is 1. The largest absolute Gasteiger partial charge is 0.480 e. The Morgan fingerprint density at radius 1 is 1.43 bits per heavy atom. The second-order valence-corrected chi connectivity index (χ2v) is 4.30. The van der Waals surface area contributed by atoms with Crippen molar-refractivity contribution in [1.29, 1.82) is 0 Å². The van der Waals surface area contributed by atoms with Crippen LogP contribution in [0.25, 0.3) is 0 Å². The summed E-state index contributed by atoms with van der Waals surface area (Å²) < 4.78 is 0. The van der Waals surface area contributed by atoms with Gasteiger partial charge in [0.05, 0.1) is 6.10 Å². The van der Waals surface area contributed by atoms with Crippen LogP contribution in [0.15, 0.2) is 12.2 Å². The van der Waals surface area contributed by atoms with Crippen molar-refractivity contribution in [3.8, 4) is 0 Å². The number of nitrogens with two attached hydrogens (primary N) is 1. The van der Waals surface area contributed by atoms with Crippen LogP contribution in [0, 0.1) is 17.8 Å². The molecular formula is C10H15NO3. The first-order valence-electron chi connectivity index (χ1n) is 4.94. The van der Waals surface area contributed by atoms with E-state index in [0.29, 0.717) is 11.8 Å². The maximum Gasteiger partial charge on any atom is 0.323 e. The topological polar surface area (TPSA) is 83.6 Å². The number of aliphatic carboxylic acids is 1. The molecule has 0 radical (unpaired) electrons. The predicted octanol–water partition coefficient (Wildman–Crippen LogP) is -0.0286. The van der Waals surface area contributed by atoms with Gasteiger partial charge in [0.25, 0.3) is 0 Å². The zero-order chi connectivity index (χ0) is 10.3. The number of aliphatic hydroxyl groups is 1. The zero-order valence-corrected chi connectivity index (χ0v) is 7.84. The van der Waals surface area contributed by atoms with Gasteiger partial charge in [-0.1, -0.05) is 12.2 Å². The molecule has 0 amide bonds. The smallest absolute Gasteiger partial charge is 0.323 e. The van der Waals surface area contributed by atoms with Gasteiger partial charge in [0.15, 0.2) is 0 Å². The van der Waals surface area contributed by atoms with E-state index < -0.39 is 18.1 Å². The van der Waals surface area contributed by atoms with Crippen LogP contribution < -0.4 is 5.73 Å². The van der Waals surface area contributed by atoms with Crippen molar-refractivity contribution < 1.29 is 15.0 Å². The normalized spacial score (nSPS) is 38.6. The second kappa shape index (κ2) is 3.37. The summed E-state index contributed by atoms with van der Waals surface area (Å²) in [6.45, 7) is 0. The minimum atomic E-state index is -1.15. The molecule has 0 heterocycles. The first-order chi connectivity index (χ1) is 6.59. The highest BCUT2D eigenvalue weighted by atomic mass is 16.4. The first-order valence-corrected chi connectivity index (χ1v) is 4.94. The van der Waals surface area contributed by atoms with Gasteiger partial charge in [-0.2, -0.15) is 0 Å². The first kappa shape index (κ1) is 9.68. The minimum absolute atomic E-state index is 0.0381. The molecule has 1 saturated carbocycles. The Morgan fingerprint density at radius 3 is 2.57 bits per heavy atom. The fourth-order valence-electron chi connectivity index (χ4n) is 2.63. The molecule has 2 aliphatic carbocycles. The van der Waals surface area contributed by atoms with Crippen LogP contribution in [-0.2, 0) is 4.79 Å². The second-order valence-electron chi connectivity index (χ2n) is 4.30. The Hall–Kier alpha value is -0.870. The van der Waals surface area contributed by atoms with Gasteiger partial charge in [-0.3, -0.25) is 4.79 Å². The van der Waals surface area contributed by atoms with Crippen LogP contribution in [0.2, 0.25) is 0 Å². The van der Waals surface area contributed by atoms with Crippen molar-refractivity contribution >= 4 is 5.97 Å². The molecule has 2 bridgehead atoms. The number of fused-ring (bicyclic) bond motifs is 2. The Balaban J connectivity index is 2.02. The molecule has 2 aliphatic rings. The summed E-state index contributed by atoms with van der Waals surface area (Å²) in [5, 5.41) is 18.5. The summed E-state index contributed by atoms with van der Waals surface area (Å²) in [7, 11) is 0. The van der Waals surface area contributed by atoms with Crippen LogP contribution >= 0.6 is 0 Å². The van der Waals surface area contributed by atoms with E-state index in [2.05, 4.69) is 12.2 Å². The molecule has 4 N–H and O–H groups in total. The van der Waals surface area contributed by atoms with E-state index in [1.165, 1.54) is 0 Å². The highest BCUT2D eigenvalue weighted by Crippen LogP contribution is 2.45. The van der Waals surface area contributed by atoms with Crippen LogP contribution in [0.1, 0.15) is 12.8 Å². The van der Waals surface area contributed by atoms with Crippen molar-refractivity contribution in [2.24, 2.45) is 23.5 Å². The number of hydrogen-bond donors (Lipinski definition) is 3. The monoisotopic (exact) mass is 197 g/mol. The summed E-state index contributed by atoms with van der Waals surface area (Å²) in [6.07, 6.45) is 5.25. The molecule has 5 atom stereocenters. The van der Waals surface area contributed by atoms with Gasteiger partial charge in [0.2, 0.25) is 0 Å². The van der Waals surface area contributed by atoms with Gasteiger partial charge < -0.3 is 15.9 Å². The SMILES string of the molecule is N[C@H](C(=O)O)[C@@H](O)C1CC2C=CC1C2. The van der Waals surface area contributed by atoms with Gasteiger partial charge in [-0.05, 0) is 30.6 Å². The molecule has 4 heteroatoms. The van der Waals surface area contributed by atoms with E-state index in [0.717, 1.165) is 12.8 Å². The predicted molar refractivity (Wildman–Crippen MR) is 50.5 cm³/mol. The molecule has 2 rings (SSSR count). The van der Waals surface area contributed by atoms with Crippen LogP contribution in [0.3, 0.4) is 0 Å². The number of carboxylic acid groups (broad SMARTS) is 1. The quantitative estimate of drug-likeness (QED) is 0.555. The van der Waals surface area contributed by atoms with Crippen molar-refractivity contribution in [2.75, 3.05) is 0 Å². The Morgan fingerprint density at radius 2 is 2.14 bits per heavy atom. The zero-order valence-electron chi connectivity index (χ0n) is 7.84. The molecular weight excluding hydrogens is 182 g/mol. The van der Waals surface area contributed by atoms with E-state index in [4.69, 9.17) is 10.8 Å². The molecule has 78 valence electrons. The van der Waals surface area contributed by atoms with E-state index in [-0.39, 0.29) is 5.92 Å². The third kappa shape index (κ3) is 1.44. The highest BCUT2D eigenvalue weighted by molar-refractivity contribution is 5.74. The Kier molecular flexibility index (Phi) is 2.33. The van der Waals surface area contributed by atoms with Crippen LogP contribution in [0.4, 0.5) is 0 Å². The van der Waals surface area contributed by atoms with E-state index in [9.17, 15) is 9.90 Å². The van der Waals surface area contributed by atoms with Crippen molar-refractivity contribution in [3.05, 3.63) is 12.2 Å². The molecule has 0 aromatic rings. The van der Waals surface area contributed by atoms with Gasteiger partial charge >= 0.3 is 5.97 Å². The average molecular weight is 197 g/mol. The highest BCUT2D eigenvalue weighted by Gasteiger charge is 2.42. The summed E-state index contributed by atoms with van der Waals surface area (Å²) in [5.74, 6) is -0.221. The van der Waals surface area contributed by atoms with Crippen LogP contribution in [0.5, 0.6) is 0 Å². The third-order valence-corrected chi connectivity index (χ3v) is 3.42. The molecule has 0 spiro atoms. The molecule has 3 unspecified atom stereocenters. The lowest BCUT2D eigenvalue weighted by atomic mass is 9.85. The maximum absolute atomic E-state index is 10.6. The number of carboxylic acids is 1. The van der Waals surface area contributed by atoms with E-state index in [1.54, 1.807) is 0 Å². The standard InChI is InChI=1S/C10H15NO3/c11-8(10(13)14)9(12)7-4-5-1-2-6(7)3-5/h1-2,5-9,12H,3-4,11H2,(H,13,14)/t5?,6?,7?,8-,9-/m0/s1. The van der Waals surface area contributed by atoms with Gasteiger partial charge in [-0.15, -0.1) is 0 Å². The lowest BCUT2D eigenvalue weighted by molar-refractivity contribution is -0.142. The average Bonchev–Trinajstić information content (AvgIpc) is 2.76. The number of hydrogen-bond acceptors (Lipinski definition) is 3. The summed E-state index contributed by atoms with van der Waals surface area (Å²) >= 11 is 0. The Bertz CT molecular complexity index is 277. The van der Waals surface area contributed by atoms with E-state index in [1.807, 2.05) is 0 Å². The summed E-state index contributed by atoms with van der Waals surface area (Å²) in [4.78, 5) is 10.6. The molecule has 1 fully saturated rings. The number of carbonyl (C=O) groups is 1. The fourth-order valence-corrected chi connectivity index (χ4v) is 2.63. The summed E-state index contributed by atoms with van der Waals surface area (Å²) in [5.41, 5.74) is 5.40. The van der Waals surface area contributed by atoms with Gasteiger partial charge in [0.1, 0.15) is 6.04 Å². The fraction of sp³-hybridized carbons (Fsp3) is 0.700. The third-order valence-electron chi connectivity index (χ3n) is 3.42. The van der Waals surface area contributed by atoms with E-state index >= 15 is 0 Å². The lowest BCUT2D eigenvalue weighted by Crippen LogP contribution is -2.46. The molecule has 0 aromatic heterocycles. The summed E-state index contributed by atoms with van der Waals surface area (Å²) in [6, 6.07) is -1.15. The number of allylic oxidation sites excluding steroid dienone is 2. The number of rotatable bonds is 3. The van der Waals surface area contributed by atoms with Crippen molar-refractivity contribution in [1.82, 2.24) is 0 Å². The van der Waals surface area contributed by atoms with Crippen molar-refractivity contribution in [2.45, 2.75) is 25.0 Å². The maximum atomic E-state index is 10.6. The minimum Gasteiger partial charge on any atom is -0.480 e. The van der Waals surface area contributed by atoms with Gasteiger partial charge in [0, 0.05) is 0 Å². The Labute approximate surface area is 82.4 Å². The lowest BCUT2D eigenvalue weighted by Gasteiger charge is -2.26. The molecule has 14 heavy (non-hydrogen) atoms.